The summed E-state index contributed by atoms with van der Waals surface area (Å²) in [5.74, 6) is 0.958. The molecule has 1 fully saturated rings. The van der Waals surface area contributed by atoms with Crippen molar-refractivity contribution in [3.8, 4) is 6.07 Å². The molecule has 0 spiro atoms. The molecule has 1 aliphatic rings. The van der Waals surface area contributed by atoms with Gasteiger partial charge in [-0.3, -0.25) is 4.79 Å². The molecule has 0 saturated heterocycles. The molecule has 3 nitrogen and oxygen atoms in total. The zero-order valence-electron chi connectivity index (χ0n) is 9.53. The third kappa shape index (κ3) is 3.23. The maximum Gasteiger partial charge on any atom is 0.309 e. The van der Waals surface area contributed by atoms with Gasteiger partial charge >= 0.3 is 5.97 Å². The molecule has 1 rings (SSSR count). The normalized spacial score (nSPS) is 29.8. The van der Waals surface area contributed by atoms with E-state index in [1.165, 1.54) is 0 Å². The summed E-state index contributed by atoms with van der Waals surface area (Å²) < 4.78 is 5.05. The number of hydrogen-bond donors (Lipinski definition) is 0. The Hall–Kier alpha value is -1.04. The van der Waals surface area contributed by atoms with Crippen LogP contribution in [0.15, 0.2) is 0 Å². The summed E-state index contributed by atoms with van der Waals surface area (Å²) in [6.07, 6.45) is 3.50. The van der Waals surface area contributed by atoms with Crippen molar-refractivity contribution in [2.24, 2.45) is 17.8 Å². The van der Waals surface area contributed by atoms with Crippen molar-refractivity contribution in [2.45, 2.75) is 39.5 Å². The van der Waals surface area contributed by atoms with E-state index in [1.807, 2.05) is 6.92 Å². The van der Waals surface area contributed by atoms with Crippen LogP contribution in [0, 0.1) is 29.1 Å². The molecule has 1 aliphatic carbocycles. The van der Waals surface area contributed by atoms with E-state index >= 15 is 0 Å². The highest BCUT2D eigenvalue weighted by molar-refractivity contribution is 5.73. The Morgan fingerprint density at radius 2 is 2.27 bits per heavy atom. The largest absolute Gasteiger partial charge is 0.466 e. The van der Waals surface area contributed by atoms with Gasteiger partial charge in [-0.1, -0.05) is 6.92 Å². The van der Waals surface area contributed by atoms with Crippen LogP contribution in [0.1, 0.15) is 39.5 Å². The third-order valence-electron chi connectivity index (χ3n) is 3.23. The van der Waals surface area contributed by atoms with Crippen molar-refractivity contribution in [1.29, 1.82) is 5.26 Å². The molecule has 0 heterocycles. The van der Waals surface area contributed by atoms with E-state index in [0.717, 1.165) is 19.3 Å². The predicted molar refractivity (Wildman–Crippen MR) is 56.9 cm³/mol. The van der Waals surface area contributed by atoms with Crippen molar-refractivity contribution in [1.82, 2.24) is 0 Å². The monoisotopic (exact) mass is 209 g/mol. The van der Waals surface area contributed by atoms with Crippen molar-refractivity contribution in [3.05, 3.63) is 0 Å². The minimum atomic E-state index is -0.0514. The summed E-state index contributed by atoms with van der Waals surface area (Å²) in [5.41, 5.74) is 0. The average molecular weight is 209 g/mol. The molecule has 3 atom stereocenters. The molecule has 0 aromatic rings. The van der Waals surface area contributed by atoms with E-state index in [0.29, 0.717) is 24.9 Å². The second kappa shape index (κ2) is 5.75. The topological polar surface area (TPSA) is 50.1 Å². The average Bonchev–Trinajstić information content (AvgIpc) is 2.57. The number of rotatable bonds is 4. The highest BCUT2D eigenvalue weighted by Crippen LogP contribution is 2.39. The summed E-state index contributed by atoms with van der Waals surface area (Å²) in [5, 5.41) is 8.51. The summed E-state index contributed by atoms with van der Waals surface area (Å²) in [7, 11) is 0. The Balaban J connectivity index is 2.42. The van der Waals surface area contributed by atoms with E-state index in [1.54, 1.807) is 0 Å². The number of carbonyl (C=O) groups is 1. The van der Waals surface area contributed by atoms with Crippen LogP contribution < -0.4 is 0 Å². The second-order valence-electron chi connectivity index (χ2n) is 4.37. The minimum absolute atomic E-state index is 0.0514. The first kappa shape index (κ1) is 12.0. The van der Waals surface area contributed by atoms with E-state index in [4.69, 9.17) is 10.00 Å². The minimum Gasteiger partial charge on any atom is -0.466 e. The van der Waals surface area contributed by atoms with Crippen LogP contribution in [0.3, 0.4) is 0 Å². The molecule has 3 heteroatoms. The molecule has 0 aromatic carbocycles. The molecule has 0 amide bonds. The summed E-state index contributed by atoms with van der Waals surface area (Å²) in [6.45, 7) is 4.41. The lowest BCUT2D eigenvalue weighted by Crippen LogP contribution is -2.19. The van der Waals surface area contributed by atoms with Crippen LogP contribution in [0.5, 0.6) is 0 Å². The van der Waals surface area contributed by atoms with Gasteiger partial charge in [0.25, 0.3) is 0 Å². The zero-order valence-corrected chi connectivity index (χ0v) is 9.53. The summed E-state index contributed by atoms with van der Waals surface area (Å²) in [6, 6.07) is 2.16. The number of nitrogens with zero attached hydrogens (tertiary/aromatic N) is 1. The molecule has 0 aliphatic heterocycles. The smallest absolute Gasteiger partial charge is 0.309 e. The Morgan fingerprint density at radius 1 is 1.53 bits per heavy atom. The Morgan fingerprint density at radius 3 is 2.87 bits per heavy atom. The molecular weight excluding hydrogens is 190 g/mol. The molecule has 0 radical (unpaired) electrons. The molecule has 0 bridgehead atoms. The van der Waals surface area contributed by atoms with Gasteiger partial charge in [0.1, 0.15) is 0 Å². The van der Waals surface area contributed by atoms with Crippen LogP contribution in [-0.4, -0.2) is 12.6 Å². The molecule has 0 aromatic heterocycles. The number of hydrogen-bond acceptors (Lipinski definition) is 3. The van der Waals surface area contributed by atoms with Gasteiger partial charge in [0.15, 0.2) is 0 Å². The van der Waals surface area contributed by atoms with Crippen molar-refractivity contribution >= 4 is 5.97 Å². The van der Waals surface area contributed by atoms with E-state index in [-0.39, 0.29) is 11.9 Å². The lowest BCUT2D eigenvalue weighted by atomic mass is 9.98. The molecule has 15 heavy (non-hydrogen) atoms. The van der Waals surface area contributed by atoms with Gasteiger partial charge in [0, 0.05) is 6.42 Å². The zero-order chi connectivity index (χ0) is 11.3. The Kier molecular flexibility index (Phi) is 4.61. The Labute approximate surface area is 91.4 Å². The molecular formula is C12H19NO2. The summed E-state index contributed by atoms with van der Waals surface area (Å²) in [4.78, 5) is 11.6. The van der Waals surface area contributed by atoms with Gasteiger partial charge < -0.3 is 4.74 Å². The first-order valence-electron chi connectivity index (χ1n) is 5.72. The van der Waals surface area contributed by atoms with Crippen LogP contribution in [0.25, 0.3) is 0 Å². The molecule has 1 saturated carbocycles. The first-order valence-corrected chi connectivity index (χ1v) is 5.72. The second-order valence-corrected chi connectivity index (χ2v) is 4.37. The standard InChI is InChI=1S/C12H19NO2/c1-3-15-12(14)11-8-10(5-4-6-13)7-9(11)2/h9-11H,3-5,7-8H2,1-2H3/t9-,10-,11+/m1/s1. The highest BCUT2D eigenvalue weighted by atomic mass is 16.5. The lowest BCUT2D eigenvalue weighted by Gasteiger charge is -2.12. The van der Waals surface area contributed by atoms with Crippen molar-refractivity contribution in [3.63, 3.8) is 0 Å². The van der Waals surface area contributed by atoms with Gasteiger partial charge in [-0.25, -0.2) is 0 Å². The van der Waals surface area contributed by atoms with Crippen LogP contribution >= 0.6 is 0 Å². The fourth-order valence-corrected chi connectivity index (χ4v) is 2.46. The van der Waals surface area contributed by atoms with Gasteiger partial charge in [-0.05, 0) is 38.0 Å². The number of esters is 1. The number of ether oxygens (including phenoxy) is 1. The van der Waals surface area contributed by atoms with Gasteiger partial charge in [-0.2, -0.15) is 5.26 Å². The predicted octanol–water partition coefficient (Wildman–Crippen LogP) is 2.52. The van der Waals surface area contributed by atoms with E-state index in [2.05, 4.69) is 13.0 Å². The fraction of sp³-hybridized carbons (Fsp3) is 0.833. The van der Waals surface area contributed by atoms with Crippen LogP contribution in [0.2, 0.25) is 0 Å². The highest BCUT2D eigenvalue weighted by Gasteiger charge is 2.36. The van der Waals surface area contributed by atoms with Crippen LogP contribution in [0.4, 0.5) is 0 Å². The van der Waals surface area contributed by atoms with E-state index < -0.39 is 0 Å². The number of nitriles is 1. The maximum atomic E-state index is 11.6. The lowest BCUT2D eigenvalue weighted by molar-refractivity contribution is -0.149. The van der Waals surface area contributed by atoms with Crippen molar-refractivity contribution in [2.75, 3.05) is 6.61 Å². The van der Waals surface area contributed by atoms with Crippen LogP contribution in [-0.2, 0) is 9.53 Å². The van der Waals surface area contributed by atoms with Gasteiger partial charge in [-0.15, -0.1) is 0 Å². The van der Waals surface area contributed by atoms with E-state index in [9.17, 15) is 4.79 Å². The molecule has 0 N–H and O–H groups in total. The molecule has 84 valence electrons. The molecule has 0 unspecified atom stereocenters. The maximum absolute atomic E-state index is 11.6. The van der Waals surface area contributed by atoms with Crippen molar-refractivity contribution < 1.29 is 9.53 Å². The Bertz CT molecular complexity index is 257. The third-order valence-corrected chi connectivity index (χ3v) is 3.23. The fourth-order valence-electron chi connectivity index (χ4n) is 2.46. The quantitative estimate of drug-likeness (QED) is 0.668. The summed E-state index contributed by atoms with van der Waals surface area (Å²) >= 11 is 0. The van der Waals surface area contributed by atoms with Gasteiger partial charge in [0.05, 0.1) is 18.6 Å². The number of carbonyl (C=O) groups excluding carboxylic acids is 1. The SMILES string of the molecule is CCOC(=O)[C@H]1C[C@H](CCC#N)C[C@H]1C. The van der Waals surface area contributed by atoms with Gasteiger partial charge in [0.2, 0.25) is 0 Å². The first-order chi connectivity index (χ1) is 7.19.